The van der Waals surface area contributed by atoms with Crippen LogP contribution in [0.25, 0.3) is 0 Å². The van der Waals surface area contributed by atoms with E-state index in [9.17, 15) is 9.18 Å². The van der Waals surface area contributed by atoms with Crippen molar-refractivity contribution in [1.82, 2.24) is 0 Å². The third kappa shape index (κ3) is 3.34. The van der Waals surface area contributed by atoms with Crippen LogP contribution in [0.2, 0.25) is 5.02 Å². The van der Waals surface area contributed by atoms with Crippen molar-refractivity contribution < 1.29 is 13.9 Å². The van der Waals surface area contributed by atoms with Gasteiger partial charge < -0.3 is 4.74 Å². The average molecular weight is 217 g/mol. The SMILES string of the molecule is CC(=O)CCOc1ccc(F)cc1Cl. The third-order valence-corrected chi connectivity index (χ3v) is 1.90. The summed E-state index contributed by atoms with van der Waals surface area (Å²) in [5, 5.41) is 0.216. The van der Waals surface area contributed by atoms with Crippen molar-refractivity contribution in [1.29, 1.82) is 0 Å². The van der Waals surface area contributed by atoms with Gasteiger partial charge in [0.2, 0.25) is 0 Å². The molecule has 76 valence electrons. The minimum absolute atomic E-state index is 0.0447. The lowest BCUT2D eigenvalue weighted by atomic mass is 10.3. The first-order valence-corrected chi connectivity index (χ1v) is 4.54. The summed E-state index contributed by atoms with van der Waals surface area (Å²) in [5.41, 5.74) is 0. The molecule has 0 fully saturated rings. The monoisotopic (exact) mass is 216 g/mol. The Morgan fingerprint density at radius 1 is 1.57 bits per heavy atom. The lowest BCUT2D eigenvalue weighted by Crippen LogP contribution is -2.02. The molecule has 0 saturated heterocycles. The lowest BCUT2D eigenvalue weighted by molar-refractivity contribution is -0.117. The number of Topliss-reactive ketones (excluding diaryl/α,β-unsaturated/α-hetero) is 1. The van der Waals surface area contributed by atoms with Gasteiger partial charge in [-0.05, 0) is 25.1 Å². The molecular formula is C10H10ClFO2. The summed E-state index contributed by atoms with van der Waals surface area (Å²) in [6.45, 7) is 1.75. The van der Waals surface area contributed by atoms with E-state index in [4.69, 9.17) is 16.3 Å². The number of ether oxygens (including phenoxy) is 1. The molecule has 1 rings (SSSR count). The highest BCUT2D eigenvalue weighted by atomic mass is 35.5. The van der Waals surface area contributed by atoms with E-state index < -0.39 is 5.82 Å². The predicted molar refractivity (Wildman–Crippen MR) is 52.2 cm³/mol. The fraction of sp³-hybridized carbons (Fsp3) is 0.300. The first kappa shape index (κ1) is 11.0. The quantitative estimate of drug-likeness (QED) is 0.774. The Kier molecular flexibility index (Phi) is 3.89. The second-order valence-corrected chi connectivity index (χ2v) is 3.28. The molecule has 0 spiro atoms. The number of hydrogen-bond acceptors (Lipinski definition) is 2. The molecule has 0 bridgehead atoms. The highest BCUT2D eigenvalue weighted by Crippen LogP contribution is 2.24. The largest absolute Gasteiger partial charge is 0.492 e. The summed E-state index contributed by atoms with van der Waals surface area (Å²) in [5.74, 6) is 0.0338. The maximum absolute atomic E-state index is 12.6. The van der Waals surface area contributed by atoms with Crippen molar-refractivity contribution in [3.63, 3.8) is 0 Å². The van der Waals surface area contributed by atoms with Crippen LogP contribution < -0.4 is 4.74 Å². The fourth-order valence-electron chi connectivity index (χ4n) is 0.897. The molecule has 1 aromatic rings. The van der Waals surface area contributed by atoms with Crippen LogP contribution in [0.4, 0.5) is 4.39 Å². The molecule has 1 aromatic carbocycles. The van der Waals surface area contributed by atoms with Gasteiger partial charge in [-0.3, -0.25) is 4.79 Å². The van der Waals surface area contributed by atoms with Gasteiger partial charge in [-0.15, -0.1) is 0 Å². The Bertz CT molecular complexity index is 339. The summed E-state index contributed by atoms with van der Waals surface area (Å²) in [7, 11) is 0. The van der Waals surface area contributed by atoms with Crippen LogP contribution >= 0.6 is 11.6 Å². The van der Waals surface area contributed by atoms with Gasteiger partial charge in [0.25, 0.3) is 0 Å². The molecule has 0 aliphatic rings. The van der Waals surface area contributed by atoms with E-state index in [1.165, 1.54) is 25.1 Å². The second kappa shape index (κ2) is 4.96. The summed E-state index contributed by atoms with van der Waals surface area (Å²) in [4.78, 5) is 10.6. The normalized spacial score (nSPS) is 9.93. The van der Waals surface area contributed by atoms with Crippen molar-refractivity contribution in [3.05, 3.63) is 29.0 Å². The number of hydrogen-bond donors (Lipinski definition) is 0. The van der Waals surface area contributed by atoms with Gasteiger partial charge in [-0.1, -0.05) is 11.6 Å². The van der Waals surface area contributed by atoms with Gasteiger partial charge in [-0.2, -0.15) is 0 Å². The molecule has 0 saturated carbocycles. The van der Waals surface area contributed by atoms with E-state index in [2.05, 4.69) is 0 Å². The zero-order valence-corrected chi connectivity index (χ0v) is 8.47. The standard InChI is InChI=1S/C10H10ClFO2/c1-7(13)4-5-14-10-3-2-8(12)6-9(10)11/h2-3,6H,4-5H2,1H3. The minimum Gasteiger partial charge on any atom is -0.492 e. The Morgan fingerprint density at radius 3 is 2.86 bits per heavy atom. The average Bonchev–Trinajstić information content (AvgIpc) is 2.08. The zero-order valence-electron chi connectivity index (χ0n) is 7.72. The van der Waals surface area contributed by atoms with Crippen LogP contribution in [0.15, 0.2) is 18.2 Å². The first-order valence-electron chi connectivity index (χ1n) is 4.17. The van der Waals surface area contributed by atoms with E-state index in [0.717, 1.165) is 0 Å². The summed E-state index contributed by atoms with van der Waals surface area (Å²) in [6.07, 6.45) is 0.327. The molecule has 0 N–H and O–H groups in total. The van der Waals surface area contributed by atoms with Gasteiger partial charge in [0, 0.05) is 6.42 Å². The highest BCUT2D eigenvalue weighted by molar-refractivity contribution is 6.32. The topological polar surface area (TPSA) is 26.3 Å². The summed E-state index contributed by atoms with van der Waals surface area (Å²) in [6, 6.07) is 3.87. The smallest absolute Gasteiger partial charge is 0.138 e. The Balaban J connectivity index is 2.55. The third-order valence-electron chi connectivity index (χ3n) is 1.61. The molecule has 0 heterocycles. The van der Waals surface area contributed by atoms with Crippen molar-refractivity contribution in [2.24, 2.45) is 0 Å². The van der Waals surface area contributed by atoms with Crippen molar-refractivity contribution in [2.75, 3.05) is 6.61 Å². The molecular weight excluding hydrogens is 207 g/mol. The van der Waals surface area contributed by atoms with Gasteiger partial charge in [0.05, 0.1) is 11.6 Å². The van der Waals surface area contributed by atoms with Crippen LogP contribution in [0.5, 0.6) is 5.75 Å². The van der Waals surface area contributed by atoms with Gasteiger partial charge in [0.1, 0.15) is 17.3 Å². The summed E-state index contributed by atoms with van der Waals surface area (Å²) >= 11 is 5.69. The van der Waals surface area contributed by atoms with E-state index in [0.29, 0.717) is 12.2 Å². The van der Waals surface area contributed by atoms with Gasteiger partial charge >= 0.3 is 0 Å². The maximum Gasteiger partial charge on any atom is 0.138 e. The molecule has 14 heavy (non-hydrogen) atoms. The van der Waals surface area contributed by atoms with Gasteiger partial charge in [0.15, 0.2) is 0 Å². The molecule has 0 aromatic heterocycles. The van der Waals surface area contributed by atoms with Gasteiger partial charge in [-0.25, -0.2) is 4.39 Å². The van der Waals surface area contributed by atoms with E-state index in [1.54, 1.807) is 0 Å². The van der Waals surface area contributed by atoms with Crippen molar-refractivity contribution in [3.8, 4) is 5.75 Å². The molecule has 0 amide bonds. The van der Waals surface area contributed by atoms with Crippen molar-refractivity contribution in [2.45, 2.75) is 13.3 Å². The van der Waals surface area contributed by atoms with E-state index in [1.807, 2.05) is 0 Å². The van der Waals surface area contributed by atoms with Crippen LogP contribution in [-0.2, 0) is 4.79 Å². The lowest BCUT2D eigenvalue weighted by Gasteiger charge is -2.06. The molecule has 0 aliphatic heterocycles. The van der Waals surface area contributed by atoms with Crippen LogP contribution in [0.3, 0.4) is 0 Å². The second-order valence-electron chi connectivity index (χ2n) is 2.88. The number of halogens is 2. The van der Waals surface area contributed by atoms with Crippen molar-refractivity contribution >= 4 is 17.4 Å². The fourth-order valence-corrected chi connectivity index (χ4v) is 1.12. The first-order chi connectivity index (χ1) is 6.59. The number of carbonyl (C=O) groups is 1. The Labute approximate surface area is 86.6 Å². The summed E-state index contributed by atoms with van der Waals surface area (Å²) < 4.78 is 17.8. The minimum atomic E-state index is -0.408. The molecule has 2 nitrogen and oxygen atoms in total. The molecule has 4 heteroatoms. The molecule has 0 aliphatic carbocycles. The van der Waals surface area contributed by atoms with Crippen LogP contribution in [0, 0.1) is 5.82 Å². The van der Waals surface area contributed by atoms with Crippen LogP contribution in [0.1, 0.15) is 13.3 Å². The van der Waals surface area contributed by atoms with E-state index in [-0.39, 0.29) is 17.4 Å². The molecule has 0 unspecified atom stereocenters. The number of carbonyl (C=O) groups excluding carboxylic acids is 1. The predicted octanol–water partition coefficient (Wildman–Crippen LogP) is 2.84. The highest BCUT2D eigenvalue weighted by Gasteiger charge is 2.03. The number of rotatable bonds is 4. The Hall–Kier alpha value is -1.09. The Morgan fingerprint density at radius 2 is 2.29 bits per heavy atom. The van der Waals surface area contributed by atoms with E-state index >= 15 is 0 Å². The van der Waals surface area contributed by atoms with Crippen LogP contribution in [-0.4, -0.2) is 12.4 Å². The maximum atomic E-state index is 12.6. The zero-order chi connectivity index (χ0) is 10.6. The number of benzene rings is 1. The molecule has 0 atom stereocenters. The molecule has 0 radical (unpaired) electrons. The number of ketones is 1.